The molecule has 0 saturated carbocycles. The number of hydrogen-bond donors (Lipinski definition) is 2. The van der Waals surface area contributed by atoms with E-state index in [0.717, 1.165) is 52.1 Å². The topological polar surface area (TPSA) is 64.7 Å². The Morgan fingerprint density at radius 2 is 1.76 bits per heavy atom. The maximum absolute atomic E-state index is 12.1. The van der Waals surface area contributed by atoms with Gasteiger partial charge in [0.15, 0.2) is 0 Å². The van der Waals surface area contributed by atoms with Crippen LogP contribution < -0.4 is 10.6 Å². The molecule has 2 fully saturated rings. The van der Waals surface area contributed by atoms with Crippen LogP contribution in [-0.4, -0.2) is 73.5 Å². The van der Waals surface area contributed by atoms with Crippen LogP contribution in [0.2, 0.25) is 0 Å². The Balaban J connectivity index is 1.64. The van der Waals surface area contributed by atoms with Crippen LogP contribution in [0.1, 0.15) is 32.6 Å². The molecule has 1 atom stereocenters. The van der Waals surface area contributed by atoms with E-state index in [0.29, 0.717) is 13.0 Å². The van der Waals surface area contributed by atoms with Crippen LogP contribution in [0.5, 0.6) is 0 Å². The van der Waals surface area contributed by atoms with E-state index >= 15 is 0 Å². The smallest absolute Gasteiger partial charge is 0.237 e. The Morgan fingerprint density at radius 3 is 2.43 bits per heavy atom. The number of amides is 2. The molecule has 21 heavy (non-hydrogen) atoms. The van der Waals surface area contributed by atoms with Crippen LogP contribution in [-0.2, 0) is 9.59 Å². The number of rotatable bonds is 5. The van der Waals surface area contributed by atoms with Crippen molar-refractivity contribution in [1.29, 1.82) is 0 Å². The fourth-order valence-corrected chi connectivity index (χ4v) is 2.98. The molecular formula is C15H28N4O2. The number of nitrogens with one attached hydrogen (secondary N) is 2. The highest BCUT2D eigenvalue weighted by Gasteiger charge is 2.23. The molecule has 0 aromatic carbocycles. The normalized spacial score (nSPS) is 21.9. The second-order valence-electron chi connectivity index (χ2n) is 5.94. The molecule has 2 aliphatic heterocycles. The number of piperidine rings is 1. The van der Waals surface area contributed by atoms with Crippen molar-refractivity contribution in [2.45, 2.75) is 38.6 Å². The lowest BCUT2D eigenvalue weighted by atomic mass is 10.1. The zero-order valence-corrected chi connectivity index (χ0v) is 13.1. The van der Waals surface area contributed by atoms with E-state index in [1.807, 2.05) is 11.8 Å². The van der Waals surface area contributed by atoms with Gasteiger partial charge in [0, 0.05) is 52.2 Å². The second kappa shape index (κ2) is 8.34. The van der Waals surface area contributed by atoms with Gasteiger partial charge in [0.05, 0.1) is 6.04 Å². The molecule has 6 heteroatoms. The van der Waals surface area contributed by atoms with Crippen molar-refractivity contribution in [3.05, 3.63) is 0 Å². The molecule has 2 N–H and O–H groups in total. The molecule has 0 aromatic rings. The highest BCUT2D eigenvalue weighted by Crippen LogP contribution is 2.09. The Hall–Kier alpha value is -1.14. The van der Waals surface area contributed by atoms with Gasteiger partial charge in [-0.25, -0.2) is 0 Å². The molecule has 1 unspecified atom stereocenters. The lowest BCUT2D eigenvalue weighted by Gasteiger charge is -2.32. The molecule has 120 valence electrons. The molecule has 0 radical (unpaired) electrons. The summed E-state index contributed by atoms with van der Waals surface area (Å²) in [5, 5.41) is 6.18. The summed E-state index contributed by atoms with van der Waals surface area (Å²) in [5.41, 5.74) is 0. The quantitative estimate of drug-likeness (QED) is 0.737. The Morgan fingerprint density at radius 1 is 1.10 bits per heavy atom. The van der Waals surface area contributed by atoms with Crippen molar-refractivity contribution in [3.63, 3.8) is 0 Å². The van der Waals surface area contributed by atoms with E-state index in [1.165, 1.54) is 6.42 Å². The highest BCUT2D eigenvalue weighted by molar-refractivity contribution is 5.82. The molecular weight excluding hydrogens is 268 g/mol. The summed E-state index contributed by atoms with van der Waals surface area (Å²) in [6.45, 7) is 7.82. The third kappa shape index (κ3) is 4.97. The molecule has 0 bridgehead atoms. The minimum absolute atomic E-state index is 0.0309. The van der Waals surface area contributed by atoms with Crippen molar-refractivity contribution in [2.75, 3.05) is 45.8 Å². The zero-order chi connectivity index (χ0) is 15.1. The highest BCUT2D eigenvalue weighted by atomic mass is 16.2. The number of likely N-dealkylation sites (tertiary alicyclic amines) is 1. The molecule has 2 amide bonds. The van der Waals surface area contributed by atoms with Crippen molar-refractivity contribution in [1.82, 2.24) is 20.4 Å². The minimum atomic E-state index is -0.114. The van der Waals surface area contributed by atoms with Crippen molar-refractivity contribution in [3.8, 4) is 0 Å². The van der Waals surface area contributed by atoms with Gasteiger partial charge in [-0.15, -0.1) is 0 Å². The van der Waals surface area contributed by atoms with Crippen LogP contribution in [0, 0.1) is 0 Å². The second-order valence-corrected chi connectivity index (χ2v) is 5.94. The first-order chi connectivity index (χ1) is 10.2. The third-order valence-corrected chi connectivity index (χ3v) is 4.43. The standard InChI is InChI=1S/C15H28N4O2/c1-13(18-11-7-16-8-12-18)15(21)17-6-5-14(20)19-9-3-2-4-10-19/h13,16H,2-12H2,1H3,(H,17,21). The molecule has 2 aliphatic rings. The van der Waals surface area contributed by atoms with E-state index in [-0.39, 0.29) is 17.9 Å². The number of carbonyl (C=O) groups excluding carboxylic acids is 2. The van der Waals surface area contributed by atoms with Crippen LogP contribution in [0.25, 0.3) is 0 Å². The summed E-state index contributed by atoms with van der Waals surface area (Å²) in [6, 6.07) is -0.114. The van der Waals surface area contributed by atoms with Gasteiger partial charge < -0.3 is 15.5 Å². The predicted molar refractivity (Wildman–Crippen MR) is 82.0 cm³/mol. The SMILES string of the molecule is CC(C(=O)NCCC(=O)N1CCCCC1)N1CCNCC1. The van der Waals surface area contributed by atoms with E-state index in [1.54, 1.807) is 0 Å². The fraction of sp³-hybridized carbons (Fsp3) is 0.867. The first kappa shape index (κ1) is 16.2. The van der Waals surface area contributed by atoms with Gasteiger partial charge >= 0.3 is 0 Å². The monoisotopic (exact) mass is 296 g/mol. The summed E-state index contributed by atoms with van der Waals surface area (Å²) < 4.78 is 0. The molecule has 0 aliphatic carbocycles. The average Bonchev–Trinajstić information content (AvgIpc) is 2.55. The summed E-state index contributed by atoms with van der Waals surface area (Å²) in [6.07, 6.45) is 3.86. The van der Waals surface area contributed by atoms with E-state index in [9.17, 15) is 9.59 Å². The zero-order valence-electron chi connectivity index (χ0n) is 13.1. The van der Waals surface area contributed by atoms with Gasteiger partial charge in [0.2, 0.25) is 11.8 Å². The van der Waals surface area contributed by atoms with Crippen molar-refractivity contribution >= 4 is 11.8 Å². The Kier molecular flexibility index (Phi) is 6.45. The maximum Gasteiger partial charge on any atom is 0.237 e. The van der Waals surface area contributed by atoms with Crippen LogP contribution in [0.3, 0.4) is 0 Å². The number of piperazine rings is 1. The van der Waals surface area contributed by atoms with Gasteiger partial charge in [-0.05, 0) is 26.2 Å². The van der Waals surface area contributed by atoms with Gasteiger partial charge in [-0.3, -0.25) is 14.5 Å². The van der Waals surface area contributed by atoms with E-state index in [4.69, 9.17) is 0 Å². The number of hydrogen-bond acceptors (Lipinski definition) is 4. The maximum atomic E-state index is 12.1. The third-order valence-electron chi connectivity index (χ3n) is 4.43. The fourth-order valence-electron chi connectivity index (χ4n) is 2.98. The Bertz CT molecular complexity index is 350. The van der Waals surface area contributed by atoms with Crippen molar-refractivity contribution in [2.24, 2.45) is 0 Å². The minimum Gasteiger partial charge on any atom is -0.354 e. The van der Waals surface area contributed by atoms with Gasteiger partial charge in [-0.2, -0.15) is 0 Å². The first-order valence-electron chi connectivity index (χ1n) is 8.19. The lowest BCUT2D eigenvalue weighted by Crippen LogP contribution is -2.53. The summed E-state index contributed by atoms with van der Waals surface area (Å²) in [7, 11) is 0. The lowest BCUT2D eigenvalue weighted by molar-refractivity contribution is -0.132. The number of carbonyl (C=O) groups is 2. The molecule has 0 spiro atoms. The number of nitrogens with zero attached hydrogens (tertiary/aromatic N) is 2. The van der Waals surface area contributed by atoms with Crippen LogP contribution >= 0.6 is 0 Å². The molecule has 2 saturated heterocycles. The van der Waals surface area contributed by atoms with Gasteiger partial charge in [0.1, 0.15) is 0 Å². The molecule has 2 rings (SSSR count). The first-order valence-corrected chi connectivity index (χ1v) is 8.19. The Labute approximate surface area is 127 Å². The largest absolute Gasteiger partial charge is 0.354 e. The summed E-state index contributed by atoms with van der Waals surface area (Å²) in [4.78, 5) is 28.2. The van der Waals surface area contributed by atoms with Gasteiger partial charge in [-0.1, -0.05) is 0 Å². The van der Waals surface area contributed by atoms with Crippen LogP contribution in [0.15, 0.2) is 0 Å². The van der Waals surface area contributed by atoms with E-state index < -0.39 is 0 Å². The van der Waals surface area contributed by atoms with Crippen molar-refractivity contribution < 1.29 is 9.59 Å². The predicted octanol–water partition coefficient (Wildman–Crippen LogP) is -0.201. The van der Waals surface area contributed by atoms with E-state index in [2.05, 4.69) is 15.5 Å². The molecule has 0 aromatic heterocycles. The molecule has 2 heterocycles. The molecule has 6 nitrogen and oxygen atoms in total. The van der Waals surface area contributed by atoms with Crippen LogP contribution in [0.4, 0.5) is 0 Å². The summed E-state index contributed by atoms with van der Waals surface area (Å²) >= 11 is 0. The summed E-state index contributed by atoms with van der Waals surface area (Å²) in [5.74, 6) is 0.202. The average molecular weight is 296 g/mol. The van der Waals surface area contributed by atoms with Gasteiger partial charge in [0.25, 0.3) is 0 Å².